The fourth-order valence-electron chi connectivity index (χ4n) is 1.18. The van der Waals surface area contributed by atoms with Crippen LogP contribution in [-0.2, 0) is 6.54 Å². The smallest absolute Gasteiger partial charge is 0.252 e. The minimum atomic E-state index is -0.0896. The number of ketones is 1. The minimum Gasteiger partial charge on any atom is -0.292 e. The van der Waals surface area contributed by atoms with Crippen molar-refractivity contribution in [1.29, 1.82) is 5.26 Å². The van der Waals surface area contributed by atoms with Gasteiger partial charge in [-0.2, -0.15) is 5.26 Å². The molecule has 0 saturated heterocycles. The summed E-state index contributed by atoms with van der Waals surface area (Å²) in [6.45, 7) is 0.0659. The van der Waals surface area contributed by atoms with E-state index in [9.17, 15) is 4.79 Å². The molecule has 17 heavy (non-hydrogen) atoms. The van der Waals surface area contributed by atoms with Gasteiger partial charge in [-0.1, -0.05) is 0 Å². The quantitative estimate of drug-likeness (QED) is 0.773. The average Bonchev–Trinajstić information content (AvgIpc) is 2.85. The predicted octanol–water partition coefficient (Wildman–Crippen LogP) is 2.62. The van der Waals surface area contributed by atoms with E-state index in [2.05, 4.69) is 41.9 Å². The van der Waals surface area contributed by atoms with E-state index in [-0.39, 0.29) is 18.2 Å². The van der Waals surface area contributed by atoms with Gasteiger partial charge in [0, 0.05) is 5.56 Å². The molecule has 0 amide bonds. The number of halogens is 2. The number of rotatable bonds is 3. The molecule has 0 aliphatic heterocycles. The maximum atomic E-state index is 11.9. The lowest BCUT2D eigenvalue weighted by Gasteiger charge is -1.98. The monoisotopic (exact) mass is 374 g/mol. The highest BCUT2D eigenvalue weighted by Crippen LogP contribution is 2.32. The van der Waals surface area contributed by atoms with Crippen LogP contribution < -0.4 is 0 Å². The molecule has 0 N–H and O–H groups in total. The maximum Gasteiger partial charge on any atom is 0.252 e. The van der Waals surface area contributed by atoms with E-state index in [0.29, 0.717) is 5.56 Å². The summed E-state index contributed by atoms with van der Waals surface area (Å²) in [5.74, 6) is -0.0309. The Morgan fingerprint density at radius 2 is 2.35 bits per heavy atom. The Bertz CT molecular complexity index is 613. The number of hydrogen-bond acceptors (Lipinski definition) is 5. The van der Waals surface area contributed by atoms with Gasteiger partial charge in [-0.05, 0) is 37.9 Å². The van der Waals surface area contributed by atoms with Gasteiger partial charge in [-0.15, -0.1) is 16.4 Å². The molecule has 2 rings (SSSR count). The van der Waals surface area contributed by atoms with Gasteiger partial charge in [-0.25, -0.2) is 9.67 Å². The van der Waals surface area contributed by atoms with Crippen molar-refractivity contribution in [2.75, 3.05) is 0 Å². The topological polar surface area (TPSA) is 71.6 Å². The number of carbonyl (C=O) groups excluding carboxylic acids is 1. The van der Waals surface area contributed by atoms with Crippen molar-refractivity contribution in [3.63, 3.8) is 0 Å². The Morgan fingerprint density at radius 3 is 2.88 bits per heavy atom. The summed E-state index contributed by atoms with van der Waals surface area (Å²) >= 11 is 8.06. The molecule has 0 aliphatic rings. The van der Waals surface area contributed by atoms with Crippen LogP contribution in [0.2, 0.25) is 0 Å². The van der Waals surface area contributed by atoms with Crippen LogP contribution >= 0.6 is 43.2 Å². The number of Topliss-reactive ketones (excluding diaryl/α,β-unsaturated/α-hetero) is 1. The predicted molar refractivity (Wildman–Crippen MR) is 68.8 cm³/mol. The van der Waals surface area contributed by atoms with E-state index in [1.807, 2.05) is 0 Å². The molecular formula is C9H4Br2N4OS. The van der Waals surface area contributed by atoms with Gasteiger partial charge in [-0.3, -0.25) is 4.79 Å². The first kappa shape index (κ1) is 12.4. The standard InChI is InChI=1S/C9H4Br2N4OS/c10-7-1-5(9(11)17-7)6(16)3-15-4-13-8(2-12)14-15/h1,4H,3H2. The SMILES string of the molecule is N#Cc1ncn(CC(=O)c2cc(Br)sc2Br)n1. The van der Waals surface area contributed by atoms with Crippen molar-refractivity contribution in [3.05, 3.63) is 31.4 Å². The molecule has 8 heteroatoms. The Morgan fingerprint density at radius 1 is 1.59 bits per heavy atom. The zero-order valence-electron chi connectivity index (χ0n) is 8.22. The summed E-state index contributed by atoms with van der Waals surface area (Å²) in [5, 5.41) is 12.4. The molecule has 0 spiro atoms. The zero-order chi connectivity index (χ0) is 12.4. The molecule has 0 radical (unpaired) electrons. The molecule has 0 saturated carbocycles. The van der Waals surface area contributed by atoms with Crippen LogP contribution in [-0.4, -0.2) is 20.5 Å². The fraction of sp³-hybridized carbons (Fsp3) is 0.111. The van der Waals surface area contributed by atoms with Gasteiger partial charge in [0.25, 0.3) is 5.82 Å². The van der Waals surface area contributed by atoms with Gasteiger partial charge in [0.2, 0.25) is 0 Å². The third-order valence-corrected chi connectivity index (χ3v) is 4.24. The Kier molecular flexibility index (Phi) is 3.71. The highest BCUT2D eigenvalue weighted by molar-refractivity contribution is 9.12. The Hall–Kier alpha value is -1.04. The third-order valence-electron chi connectivity index (χ3n) is 1.90. The molecule has 2 heterocycles. The molecule has 0 atom stereocenters. The van der Waals surface area contributed by atoms with Gasteiger partial charge < -0.3 is 0 Å². The van der Waals surface area contributed by atoms with Crippen molar-refractivity contribution in [1.82, 2.24) is 14.8 Å². The summed E-state index contributed by atoms with van der Waals surface area (Å²) in [6.07, 6.45) is 1.37. The van der Waals surface area contributed by atoms with E-state index in [0.717, 1.165) is 7.57 Å². The normalized spacial score (nSPS) is 10.2. The number of carbonyl (C=O) groups is 1. The summed E-state index contributed by atoms with van der Waals surface area (Å²) in [5.41, 5.74) is 0.593. The van der Waals surface area contributed by atoms with Crippen LogP contribution in [0.1, 0.15) is 16.2 Å². The van der Waals surface area contributed by atoms with Crippen molar-refractivity contribution < 1.29 is 4.79 Å². The number of thiophene rings is 1. The second kappa shape index (κ2) is 5.08. The first-order valence-electron chi connectivity index (χ1n) is 4.37. The summed E-state index contributed by atoms with van der Waals surface area (Å²) in [7, 11) is 0. The second-order valence-corrected chi connectivity index (χ2v) is 6.79. The molecule has 0 unspecified atom stereocenters. The number of hydrogen-bond donors (Lipinski definition) is 0. The van der Waals surface area contributed by atoms with Crippen LogP contribution in [0.25, 0.3) is 0 Å². The van der Waals surface area contributed by atoms with E-state index in [4.69, 9.17) is 5.26 Å². The lowest BCUT2D eigenvalue weighted by Crippen LogP contribution is -2.10. The zero-order valence-corrected chi connectivity index (χ0v) is 12.2. The highest BCUT2D eigenvalue weighted by Gasteiger charge is 2.14. The second-order valence-electron chi connectivity index (χ2n) is 3.04. The average molecular weight is 376 g/mol. The van der Waals surface area contributed by atoms with Crippen LogP contribution in [0.4, 0.5) is 0 Å². The van der Waals surface area contributed by atoms with Gasteiger partial charge in [0.05, 0.1) is 7.57 Å². The third kappa shape index (κ3) is 2.80. The summed E-state index contributed by atoms with van der Waals surface area (Å²) in [6, 6.07) is 3.56. The molecule has 0 fully saturated rings. The first-order chi connectivity index (χ1) is 8.10. The van der Waals surface area contributed by atoms with E-state index in [1.165, 1.54) is 22.3 Å². The molecule has 0 aliphatic carbocycles. The molecular weight excluding hydrogens is 372 g/mol. The molecule has 2 aromatic rings. The Balaban J connectivity index is 2.17. The minimum absolute atomic E-state index is 0.0587. The highest BCUT2D eigenvalue weighted by atomic mass is 79.9. The molecule has 5 nitrogen and oxygen atoms in total. The van der Waals surface area contributed by atoms with Crippen molar-refractivity contribution in [2.24, 2.45) is 0 Å². The fourth-order valence-corrected chi connectivity index (χ4v) is 4.04. The van der Waals surface area contributed by atoms with Crippen molar-refractivity contribution in [2.45, 2.75) is 6.54 Å². The van der Waals surface area contributed by atoms with Gasteiger partial charge in [0.1, 0.15) is 18.9 Å². The molecule has 2 aromatic heterocycles. The largest absolute Gasteiger partial charge is 0.292 e. The Labute approximate surface area is 117 Å². The maximum absolute atomic E-state index is 11.9. The number of nitriles is 1. The molecule has 86 valence electrons. The van der Waals surface area contributed by atoms with Crippen LogP contribution in [0, 0.1) is 11.3 Å². The van der Waals surface area contributed by atoms with Crippen molar-refractivity contribution >= 4 is 49.0 Å². The van der Waals surface area contributed by atoms with Crippen LogP contribution in [0.3, 0.4) is 0 Å². The van der Waals surface area contributed by atoms with Gasteiger partial charge >= 0.3 is 0 Å². The van der Waals surface area contributed by atoms with Gasteiger partial charge in [0.15, 0.2) is 5.78 Å². The molecule has 0 aromatic carbocycles. The van der Waals surface area contributed by atoms with E-state index < -0.39 is 0 Å². The van der Waals surface area contributed by atoms with Crippen molar-refractivity contribution in [3.8, 4) is 6.07 Å². The first-order valence-corrected chi connectivity index (χ1v) is 6.78. The van der Waals surface area contributed by atoms with Crippen LogP contribution in [0.5, 0.6) is 0 Å². The summed E-state index contributed by atoms with van der Waals surface area (Å²) in [4.78, 5) is 15.7. The molecule has 0 bridgehead atoms. The number of aromatic nitrogens is 3. The van der Waals surface area contributed by atoms with Crippen LogP contribution in [0.15, 0.2) is 20.0 Å². The lowest BCUT2D eigenvalue weighted by molar-refractivity contribution is 0.0967. The lowest BCUT2D eigenvalue weighted by atomic mass is 10.2. The number of nitrogens with zero attached hydrogens (tertiary/aromatic N) is 4. The summed E-state index contributed by atoms with van der Waals surface area (Å²) < 4.78 is 3.00. The van der Waals surface area contributed by atoms with E-state index >= 15 is 0 Å². The van der Waals surface area contributed by atoms with E-state index in [1.54, 1.807) is 12.1 Å².